The lowest BCUT2D eigenvalue weighted by atomic mass is 10.1. The number of hydrogen-bond acceptors (Lipinski definition) is 1. The number of benzene rings is 2. The summed E-state index contributed by atoms with van der Waals surface area (Å²) in [6.07, 6.45) is 1.03. The molecule has 1 N–H and O–H groups in total. The first-order chi connectivity index (χ1) is 11.2. The van der Waals surface area contributed by atoms with E-state index < -0.39 is 5.97 Å². The molecule has 23 heavy (non-hydrogen) atoms. The molecular formula is C21H34O2. The first-order valence-corrected chi connectivity index (χ1v) is 8.46. The van der Waals surface area contributed by atoms with E-state index in [1.807, 2.05) is 41.5 Å². The molecule has 0 spiro atoms. The Hall–Kier alpha value is -2.09. The molecule has 0 amide bonds. The number of rotatable bonds is 2. The fourth-order valence-electron chi connectivity index (χ4n) is 1.43. The van der Waals surface area contributed by atoms with Crippen molar-refractivity contribution < 1.29 is 9.90 Å². The Morgan fingerprint density at radius 2 is 0.913 bits per heavy atom. The summed E-state index contributed by atoms with van der Waals surface area (Å²) in [6.45, 7) is 13.1. The molecule has 0 saturated heterocycles. The van der Waals surface area contributed by atoms with E-state index in [4.69, 9.17) is 9.90 Å². The van der Waals surface area contributed by atoms with Gasteiger partial charge in [-0.3, -0.25) is 4.79 Å². The van der Waals surface area contributed by atoms with Crippen molar-refractivity contribution >= 4 is 5.97 Å². The van der Waals surface area contributed by atoms with E-state index in [1.54, 1.807) is 0 Å². The molecule has 2 heteroatoms. The van der Waals surface area contributed by atoms with Gasteiger partial charge in [-0.1, -0.05) is 102 Å². The minimum atomic E-state index is -0.833. The number of hydrogen-bond donors (Lipinski definition) is 1. The molecular weight excluding hydrogens is 284 g/mol. The van der Waals surface area contributed by atoms with Gasteiger partial charge in [-0.15, -0.1) is 0 Å². The Morgan fingerprint density at radius 3 is 1.13 bits per heavy atom. The molecule has 2 nitrogen and oxygen atoms in total. The van der Waals surface area contributed by atoms with Crippen LogP contribution < -0.4 is 0 Å². The highest BCUT2D eigenvalue weighted by Gasteiger charge is 1.92. The molecule has 0 saturated carbocycles. The normalized spacial score (nSPS) is 7.43. The van der Waals surface area contributed by atoms with Crippen LogP contribution in [0.3, 0.4) is 0 Å². The van der Waals surface area contributed by atoms with E-state index in [0.29, 0.717) is 0 Å². The molecule has 2 aromatic carbocycles. The van der Waals surface area contributed by atoms with Crippen LogP contribution in [0.4, 0.5) is 0 Å². The number of aliphatic carboxylic acids is 1. The second kappa shape index (κ2) is 22.2. The maximum Gasteiger partial charge on any atom is 0.300 e. The first kappa shape index (κ1) is 25.8. The van der Waals surface area contributed by atoms with Crippen LogP contribution >= 0.6 is 0 Å². The van der Waals surface area contributed by atoms with Crippen LogP contribution in [0.25, 0.3) is 0 Å². The van der Waals surface area contributed by atoms with Crippen LogP contribution in [-0.2, 0) is 11.2 Å². The Bertz CT molecular complexity index is 394. The summed E-state index contributed by atoms with van der Waals surface area (Å²) < 4.78 is 0. The second-order valence-electron chi connectivity index (χ2n) is 3.67. The van der Waals surface area contributed by atoms with Crippen LogP contribution in [0.1, 0.15) is 59.6 Å². The number of carboxylic acid groups (broad SMARTS) is 1. The molecule has 0 unspecified atom stereocenters. The van der Waals surface area contributed by atoms with Crippen LogP contribution in [0, 0.1) is 0 Å². The molecule has 130 valence electrons. The highest BCUT2D eigenvalue weighted by atomic mass is 16.4. The van der Waals surface area contributed by atoms with Gasteiger partial charge < -0.3 is 5.11 Å². The van der Waals surface area contributed by atoms with E-state index in [-0.39, 0.29) is 0 Å². The van der Waals surface area contributed by atoms with Gasteiger partial charge in [0.15, 0.2) is 0 Å². The summed E-state index contributed by atoms with van der Waals surface area (Å²) in [7, 11) is 0. The SMILES string of the molecule is CC.CC.CC.CC(=O)O.c1ccc(Cc2ccccc2)cc1. The van der Waals surface area contributed by atoms with E-state index in [0.717, 1.165) is 13.3 Å². The largest absolute Gasteiger partial charge is 0.481 e. The number of carbonyl (C=O) groups is 1. The molecule has 0 aliphatic rings. The minimum Gasteiger partial charge on any atom is -0.481 e. The monoisotopic (exact) mass is 318 g/mol. The van der Waals surface area contributed by atoms with Gasteiger partial charge in [-0.25, -0.2) is 0 Å². The van der Waals surface area contributed by atoms with E-state index in [9.17, 15) is 0 Å². The first-order valence-electron chi connectivity index (χ1n) is 8.46. The second-order valence-corrected chi connectivity index (χ2v) is 3.67. The summed E-state index contributed by atoms with van der Waals surface area (Å²) in [4.78, 5) is 9.00. The van der Waals surface area contributed by atoms with Crippen molar-refractivity contribution in [1.82, 2.24) is 0 Å². The maximum atomic E-state index is 9.00. The highest BCUT2D eigenvalue weighted by molar-refractivity contribution is 5.62. The standard InChI is InChI=1S/C13H12.C2H4O2.3C2H6/c1-3-7-12(8-4-1)11-13-9-5-2-6-10-13;1-2(3)4;3*1-2/h1-10H,11H2;1H3,(H,3,4);3*1-2H3. The van der Waals surface area contributed by atoms with Crippen LogP contribution in [0.2, 0.25) is 0 Å². The molecule has 2 rings (SSSR count). The number of carboxylic acids is 1. The lowest BCUT2D eigenvalue weighted by Gasteiger charge is -2.00. The molecule has 2 aromatic rings. The predicted molar refractivity (Wildman–Crippen MR) is 103 cm³/mol. The third-order valence-corrected chi connectivity index (χ3v) is 2.09. The van der Waals surface area contributed by atoms with Crippen molar-refractivity contribution in [2.45, 2.75) is 54.9 Å². The van der Waals surface area contributed by atoms with Crippen molar-refractivity contribution in [3.05, 3.63) is 71.8 Å². The van der Waals surface area contributed by atoms with Crippen LogP contribution in [0.5, 0.6) is 0 Å². The van der Waals surface area contributed by atoms with Crippen molar-refractivity contribution in [2.24, 2.45) is 0 Å². The van der Waals surface area contributed by atoms with Crippen LogP contribution in [-0.4, -0.2) is 11.1 Å². The van der Waals surface area contributed by atoms with Gasteiger partial charge in [0.2, 0.25) is 0 Å². The summed E-state index contributed by atoms with van der Waals surface area (Å²) in [5, 5.41) is 7.42. The van der Waals surface area contributed by atoms with Gasteiger partial charge in [0.05, 0.1) is 0 Å². The van der Waals surface area contributed by atoms with Crippen molar-refractivity contribution in [3.63, 3.8) is 0 Å². The Balaban J connectivity index is -0.000000340. The third kappa shape index (κ3) is 19.9. The van der Waals surface area contributed by atoms with Crippen molar-refractivity contribution in [3.8, 4) is 0 Å². The third-order valence-electron chi connectivity index (χ3n) is 2.09. The maximum absolute atomic E-state index is 9.00. The van der Waals surface area contributed by atoms with E-state index in [1.165, 1.54) is 11.1 Å². The van der Waals surface area contributed by atoms with Crippen LogP contribution in [0.15, 0.2) is 60.7 Å². The molecule has 0 aliphatic carbocycles. The van der Waals surface area contributed by atoms with Crippen molar-refractivity contribution in [1.29, 1.82) is 0 Å². The Kier molecular flexibility index (Phi) is 24.9. The Labute approximate surface area is 143 Å². The predicted octanol–water partition coefficient (Wildman–Crippen LogP) is 6.45. The summed E-state index contributed by atoms with van der Waals surface area (Å²) in [5.74, 6) is -0.833. The molecule has 0 radical (unpaired) electrons. The quantitative estimate of drug-likeness (QED) is 0.691. The lowest BCUT2D eigenvalue weighted by molar-refractivity contribution is -0.134. The summed E-state index contributed by atoms with van der Waals surface area (Å²) in [6, 6.07) is 21.1. The minimum absolute atomic E-state index is 0.833. The van der Waals surface area contributed by atoms with Gasteiger partial charge in [0, 0.05) is 6.92 Å². The molecule has 0 heterocycles. The molecule has 0 aliphatic heterocycles. The van der Waals surface area contributed by atoms with Crippen molar-refractivity contribution in [2.75, 3.05) is 0 Å². The highest BCUT2D eigenvalue weighted by Crippen LogP contribution is 2.07. The fraction of sp³-hybridized carbons (Fsp3) is 0.381. The smallest absolute Gasteiger partial charge is 0.300 e. The van der Waals surface area contributed by atoms with E-state index >= 15 is 0 Å². The molecule has 0 bridgehead atoms. The zero-order chi connectivity index (χ0) is 18.5. The fourth-order valence-corrected chi connectivity index (χ4v) is 1.43. The molecule has 0 aromatic heterocycles. The lowest BCUT2D eigenvalue weighted by Crippen LogP contribution is -1.85. The van der Waals surface area contributed by atoms with Gasteiger partial charge >= 0.3 is 0 Å². The van der Waals surface area contributed by atoms with Gasteiger partial charge in [-0.2, -0.15) is 0 Å². The van der Waals surface area contributed by atoms with Gasteiger partial charge in [0.25, 0.3) is 5.97 Å². The topological polar surface area (TPSA) is 37.3 Å². The molecule has 0 fully saturated rings. The van der Waals surface area contributed by atoms with Gasteiger partial charge in [0.1, 0.15) is 0 Å². The summed E-state index contributed by atoms with van der Waals surface area (Å²) >= 11 is 0. The van der Waals surface area contributed by atoms with Gasteiger partial charge in [-0.05, 0) is 17.5 Å². The average molecular weight is 319 g/mol. The zero-order valence-electron chi connectivity index (χ0n) is 15.8. The average Bonchev–Trinajstić information content (AvgIpc) is 2.62. The Morgan fingerprint density at radius 1 is 0.696 bits per heavy atom. The van der Waals surface area contributed by atoms with E-state index in [2.05, 4.69) is 60.7 Å². The zero-order valence-corrected chi connectivity index (χ0v) is 15.8. The molecule has 0 atom stereocenters. The summed E-state index contributed by atoms with van der Waals surface area (Å²) in [5.41, 5.74) is 2.74.